The topological polar surface area (TPSA) is 68.5 Å². The maximum atomic E-state index is 12.0. The van der Waals surface area contributed by atoms with Crippen LogP contribution in [0.25, 0.3) is 16.8 Å². The first-order valence-corrected chi connectivity index (χ1v) is 8.29. The number of carbonyl (C=O) groups excluding carboxylic acids is 2. The number of benzene rings is 2. The molecule has 2 aromatic carbocycles. The standard InChI is InChI=1S/C19H14BrNO4/c20-17-10-8-14(25-17)9-11-19(23)24-12-18(22)21-16-7-3-5-13-4-1-2-6-15(13)16/h1-11H,12H2,(H,21,22). The summed E-state index contributed by atoms with van der Waals surface area (Å²) in [5, 5.41) is 4.69. The van der Waals surface area contributed by atoms with Gasteiger partial charge < -0.3 is 14.5 Å². The van der Waals surface area contributed by atoms with Gasteiger partial charge in [-0.3, -0.25) is 4.79 Å². The highest BCUT2D eigenvalue weighted by atomic mass is 79.9. The van der Waals surface area contributed by atoms with Gasteiger partial charge in [0.1, 0.15) is 5.76 Å². The third-order valence-electron chi connectivity index (χ3n) is 3.39. The number of carbonyl (C=O) groups is 2. The van der Waals surface area contributed by atoms with Crippen molar-refractivity contribution in [1.29, 1.82) is 0 Å². The van der Waals surface area contributed by atoms with E-state index >= 15 is 0 Å². The number of fused-ring (bicyclic) bond motifs is 1. The van der Waals surface area contributed by atoms with Crippen LogP contribution in [0.5, 0.6) is 0 Å². The summed E-state index contributed by atoms with van der Waals surface area (Å²) < 4.78 is 10.7. The van der Waals surface area contributed by atoms with E-state index in [0.717, 1.165) is 10.8 Å². The molecule has 1 heterocycles. The molecule has 0 bridgehead atoms. The first-order chi connectivity index (χ1) is 12.1. The summed E-state index contributed by atoms with van der Waals surface area (Å²) >= 11 is 3.17. The summed E-state index contributed by atoms with van der Waals surface area (Å²) in [5.41, 5.74) is 0.676. The SMILES string of the molecule is O=C(COC(=O)C=Cc1ccc(Br)o1)Nc1cccc2ccccc12. The molecule has 0 atom stereocenters. The molecular weight excluding hydrogens is 386 g/mol. The number of anilines is 1. The fourth-order valence-electron chi connectivity index (χ4n) is 2.27. The molecule has 0 fully saturated rings. The van der Waals surface area contributed by atoms with Crippen molar-refractivity contribution in [1.82, 2.24) is 0 Å². The lowest BCUT2D eigenvalue weighted by Gasteiger charge is -2.08. The zero-order chi connectivity index (χ0) is 17.6. The number of amides is 1. The van der Waals surface area contributed by atoms with E-state index in [1.54, 1.807) is 18.2 Å². The molecule has 3 rings (SSSR count). The maximum Gasteiger partial charge on any atom is 0.331 e. The van der Waals surface area contributed by atoms with E-state index < -0.39 is 11.9 Å². The van der Waals surface area contributed by atoms with Crippen LogP contribution < -0.4 is 5.32 Å². The van der Waals surface area contributed by atoms with E-state index in [1.165, 1.54) is 12.2 Å². The molecule has 0 aliphatic rings. The van der Waals surface area contributed by atoms with Crippen molar-refractivity contribution in [2.24, 2.45) is 0 Å². The predicted octanol–water partition coefficient (Wildman–Crippen LogP) is 4.39. The van der Waals surface area contributed by atoms with Crippen molar-refractivity contribution >= 4 is 50.3 Å². The molecule has 1 N–H and O–H groups in total. The molecule has 0 spiro atoms. The highest BCUT2D eigenvalue weighted by Crippen LogP contribution is 2.22. The van der Waals surface area contributed by atoms with Crippen LogP contribution in [-0.2, 0) is 14.3 Å². The van der Waals surface area contributed by atoms with Gasteiger partial charge in [0.15, 0.2) is 11.3 Å². The quantitative estimate of drug-likeness (QED) is 0.510. The number of nitrogens with one attached hydrogen (secondary N) is 1. The van der Waals surface area contributed by atoms with Gasteiger partial charge in [-0.25, -0.2) is 4.79 Å². The number of furan rings is 1. The molecule has 5 nitrogen and oxygen atoms in total. The van der Waals surface area contributed by atoms with Gasteiger partial charge in [0.25, 0.3) is 5.91 Å². The fraction of sp³-hybridized carbons (Fsp3) is 0.0526. The summed E-state index contributed by atoms with van der Waals surface area (Å²) in [6.45, 7) is -0.367. The van der Waals surface area contributed by atoms with E-state index in [2.05, 4.69) is 21.2 Å². The van der Waals surface area contributed by atoms with Crippen molar-refractivity contribution in [3.63, 3.8) is 0 Å². The van der Waals surface area contributed by atoms with Crippen molar-refractivity contribution in [3.05, 3.63) is 71.1 Å². The Labute approximate surface area is 152 Å². The molecule has 6 heteroatoms. The lowest BCUT2D eigenvalue weighted by atomic mass is 10.1. The second-order valence-corrected chi connectivity index (χ2v) is 5.94. The Balaban J connectivity index is 1.55. The van der Waals surface area contributed by atoms with Crippen LogP contribution in [0.15, 0.2) is 69.8 Å². The van der Waals surface area contributed by atoms with Crippen LogP contribution in [0, 0.1) is 0 Å². The van der Waals surface area contributed by atoms with Crippen molar-refractivity contribution < 1.29 is 18.7 Å². The highest BCUT2D eigenvalue weighted by molar-refractivity contribution is 9.10. The molecule has 0 aliphatic carbocycles. The van der Waals surface area contributed by atoms with Crippen LogP contribution in [0.3, 0.4) is 0 Å². The Bertz CT molecular complexity index is 940. The number of hydrogen-bond donors (Lipinski definition) is 1. The zero-order valence-corrected chi connectivity index (χ0v) is 14.7. The molecule has 126 valence electrons. The van der Waals surface area contributed by atoms with Crippen LogP contribution in [0.4, 0.5) is 5.69 Å². The van der Waals surface area contributed by atoms with Gasteiger partial charge in [0.05, 0.1) is 0 Å². The predicted molar refractivity (Wildman–Crippen MR) is 99.0 cm³/mol. The Morgan fingerprint density at radius 1 is 1.08 bits per heavy atom. The first kappa shape index (κ1) is 17.0. The molecule has 25 heavy (non-hydrogen) atoms. The van der Waals surface area contributed by atoms with Crippen LogP contribution >= 0.6 is 15.9 Å². The molecule has 0 aliphatic heterocycles. The molecule has 0 saturated heterocycles. The number of esters is 1. The third-order valence-corrected chi connectivity index (χ3v) is 3.81. The lowest BCUT2D eigenvalue weighted by molar-refractivity contribution is -0.142. The Morgan fingerprint density at radius 3 is 2.68 bits per heavy atom. The third kappa shape index (κ3) is 4.58. The molecule has 0 radical (unpaired) electrons. The molecule has 1 aromatic heterocycles. The molecule has 0 unspecified atom stereocenters. The Hall–Kier alpha value is -2.86. The fourth-order valence-corrected chi connectivity index (χ4v) is 2.59. The minimum atomic E-state index is -0.624. The van der Waals surface area contributed by atoms with Gasteiger partial charge in [-0.2, -0.15) is 0 Å². The van der Waals surface area contributed by atoms with Crippen LogP contribution in [0.1, 0.15) is 5.76 Å². The molecule has 3 aromatic rings. The minimum absolute atomic E-state index is 0.367. The summed E-state index contributed by atoms with van der Waals surface area (Å²) in [6.07, 6.45) is 2.67. The maximum absolute atomic E-state index is 12.0. The van der Waals surface area contributed by atoms with E-state index in [1.807, 2.05) is 36.4 Å². The van der Waals surface area contributed by atoms with Gasteiger partial charge in [-0.1, -0.05) is 36.4 Å². The normalized spacial score (nSPS) is 10.9. The first-order valence-electron chi connectivity index (χ1n) is 7.49. The monoisotopic (exact) mass is 399 g/mol. The van der Waals surface area contributed by atoms with Gasteiger partial charge >= 0.3 is 5.97 Å². The van der Waals surface area contributed by atoms with E-state index in [9.17, 15) is 9.59 Å². The summed E-state index contributed by atoms with van der Waals surface area (Å²) in [5.74, 6) is -0.525. The second-order valence-electron chi connectivity index (χ2n) is 5.16. The van der Waals surface area contributed by atoms with Gasteiger partial charge in [0.2, 0.25) is 0 Å². The average molecular weight is 400 g/mol. The lowest BCUT2D eigenvalue weighted by Crippen LogP contribution is -2.20. The number of hydrogen-bond acceptors (Lipinski definition) is 4. The van der Waals surface area contributed by atoms with Crippen molar-refractivity contribution in [2.45, 2.75) is 0 Å². The Kier molecular flexibility index (Phi) is 5.30. The largest absolute Gasteiger partial charge is 0.452 e. The highest BCUT2D eigenvalue weighted by Gasteiger charge is 2.08. The molecule has 1 amide bonds. The zero-order valence-electron chi connectivity index (χ0n) is 13.1. The summed E-state index contributed by atoms with van der Waals surface area (Å²) in [7, 11) is 0. The minimum Gasteiger partial charge on any atom is -0.452 e. The second kappa shape index (κ2) is 7.81. The van der Waals surface area contributed by atoms with Gasteiger partial charge in [0, 0.05) is 17.1 Å². The van der Waals surface area contributed by atoms with Gasteiger partial charge in [-0.15, -0.1) is 0 Å². The Morgan fingerprint density at radius 2 is 1.88 bits per heavy atom. The summed E-state index contributed by atoms with van der Waals surface area (Å²) in [4.78, 5) is 23.7. The number of rotatable bonds is 5. The number of halogens is 1. The van der Waals surface area contributed by atoms with E-state index in [4.69, 9.17) is 9.15 Å². The molecule has 0 saturated carbocycles. The van der Waals surface area contributed by atoms with E-state index in [-0.39, 0.29) is 6.61 Å². The van der Waals surface area contributed by atoms with Crippen molar-refractivity contribution in [2.75, 3.05) is 11.9 Å². The average Bonchev–Trinajstić information content (AvgIpc) is 3.04. The van der Waals surface area contributed by atoms with Crippen LogP contribution in [-0.4, -0.2) is 18.5 Å². The molecular formula is C19H14BrNO4. The number of ether oxygens (including phenoxy) is 1. The smallest absolute Gasteiger partial charge is 0.331 e. The van der Waals surface area contributed by atoms with E-state index in [0.29, 0.717) is 16.1 Å². The van der Waals surface area contributed by atoms with Crippen LogP contribution in [0.2, 0.25) is 0 Å². The van der Waals surface area contributed by atoms with Gasteiger partial charge in [-0.05, 0) is 45.6 Å². The van der Waals surface area contributed by atoms with Crippen molar-refractivity contribution in [3.8, 4) is 0 Å². The summed E-state index contributed by atoms with van der Waals surface area (Å²) in [6, 6.07) is 16.7.